The first-order valence-corrected chi connectivity index (χ1v) is 42.6. The molecule has 0 spiro atoms. The summed E-state index contributed by atoms with van der Waals surface area (Å²) < 4.78 is 131. The molecule has 37 nitrogen and oxygen atoms in total. The van der Waals surface area contributed by atoms with E-state index < -0.39 is 128 Å². The number of imidazole rings is 3. The van der Waals surface area contributed by atoms with Crippen LogP contribution in [0.3, 0.4) is 0 Å². The maximum atomic E-state index is 14.5. The Balaban J connectivity index is 0.775. The van der Waals surface area contributed by atoms with Crippen LogP contribution in [0, 0.1) is 0 Å². The number of phosphoric acid groups is 2. The molecule has 43 heteroatoms. The van der Waals surface area contributed by atoms with Crippen LogP contribution in [-0.4, -0.2) is 195 Å². The van der Waals surface area contributed by atoms with Gasteiger partial charge in [-0.2, -0.15) is 0 Å². The molecule has 4 fully saturated rings. The molecule has 4 saturated heterocycles. The zero-order valence-corrected chi connectivity index (χ0v) is 60.8. The molecule has 7 unspecified atom stereocenters. The molecule has 10 heterocycles. The van der Waals surface area contributed by atoms with Crippen molar-refractivity contribution >= 4 is 109 Å². The van der Waals surface area contributed by atoms with Gasteiger partial charge in [0.25, 0.3) is 0 Å². The van der Waals surface area contributed by atoms with Crippen LogP contribution >= 0.6 is 52.0 Å². The molecule has 100 heavy (non-hydrogen) atoms. The summed E-state index contributed by atoms with van der Waals surface area (Å²) in [5.74, 6) is -0.346. The third-order valence-corrected chi connectivity index (χ3v) is 25.6. The molecule has 16 atom stereocenters. The molecule has 6 aromatic rings. The van der Waals surface area contributed by atoms with E-state index in [0.717, 1.165) is 31.9 Å². The summed E-state index contributed by atoms with van der Waals surface area (Å²) in [5, 5.41) is 12.1. The van der Waals surface area contributed by atoms with E-state index in [9.17, 15) is 47.7 Å². The number of anilines is 3. The highest BCUT2D eigenvalue weighted by molar-refractivity contribution is 8.55. The molecule has 4 aliphatic heterocycles. The lowest BCUT2D eigenvalue weighted by Crippen LogP contribution is -2.51. The Morgan fingerprint density at radius 3 is 1.62 bits per heavy atom. The number of esters is 1. The van der Waals surface area contributed by atoms with Gasteiger partial charge >= 0.3 is 35.2 Å². The minimum Gasteiger partial charge on any atom is -0.465 e. The second-order valence-electron chi connectivity index (χ2n) is 24.6. The number of aromatic nitrogens is 12. The Morgan fingerprint density at radius 2 is 1.07 bits per heavy atom. The number of aliphatic hydroxyl groups excluding tert-OH is 1. The molecule has 0 bridgehead atoms. The quantitative estimate of drug-likeness (QED) is 0.0102. The number of hydrogen-bond donors (Lipinski definition) is 8. The summed E-state index contributed by atoms with van der Waals surface area (Å²) in [5.41, 5.74) is 17.2. The van der Waals surface area contributed by atoms with Gasteiger partial charge in [-0.1, -0.05) is 104 Å². The Hall–Kier alpha value is -4.50. The predicted octanol–water partition coefficient (Wildman–Crippen LogP) is 8.16. The topological polar surface area (TPSA) is 506 Å². The third-order valence-electron chi connectivity index (χ3n) is 17.4. The van der Waals surface area contributed by atoms with Gasteiger partial charge in [0.1, 0.15) is 96.6 Å². The van der Waals surface area contributed by atoms with E-state index in [0.29, 0.717) is 42.0 Å². The van der Waals surface area contributed by atoms with Crippen molar-refractivity contribution in [1.82, 2.24) is 58.6 Å². The number of nitrogen functional groups attached to an aromatic ring is 3. The minimum atomic E-state index is -5.47. The number of nitrogens with zero attached hydrogens (tertiary/aromatic N) is 12. The van der Waals surface area contributed by atoms with Gasteiger partial charge in [0, 0.05) is 31.6 Å². The average Bonchev–Trinajstić information content (AvgIpc) is 1.58. The zero-order chi connectivity index (χ0) is 71.2. The molecule has 0 radical (unpaired) electrons. The molecule has 4 aliphatic rings. The Morgan fingerprint density at radius 1 is 0.580 bits per heavy atom. The van der Waals surface area contributed by atoms with Gasteiger partial charge < -0.3 is 70.3 Å². The van der Waals surface area contributed by atoms with Crippen molar-refractivity contribution in [3.63, 3.8) is 0 Å². The lowest BCUT2D eigenvalue weighted by atomic mass is 9.89. The lowest BCUT2D eigenvalue weighted by molar-refractivity contribution is -0.165. The van der Waals surface area contributed by atoms with Crippen LogP contribution in [0.15, 0.2) is 38.0 Å². The molecule has 556 valence electrons. The van der Waals surface area contributed by atoms with E-state index in [1.807, 2.05) is 6.92 Å². The van der Waals surface area contributed by atoms with Crippen molar-refractivity contribution in [2.24, 2.45) is 0 Å². The van der Waals surface area contributed by atoms with Crippen molar-refractivity contribution < 1.29 is 103 Å². The summed E-state index contributed by atoms with van der Waals surface area (Å²) in [6, 6.07) is 0. The maximum Gasteiger partial charge on any atom is 0.472 e. The minimum absolute atomic E-state index is 0.00686. The Labute approximate surface area is 583 Å². The summed E-state index contributed by atoms with van der Waals surface area (Å²) >= 11 is 1.20. The number of phosphoric ester groups is 2. The number of hydrogen-bond acceptors (Lipinski definition) is 32. The van der Waals surface area contributed by atoms with E-state index in [4.69, 9.17) is 72.8 Å². The summed E-state index contributed by atoms with van der Waals surface area (Å²) in [6.07, 6.45) is 9.00. The SMILES string of the molecule is CCCCCCCCCCCCCCCCCC(=O)OCCSP(=O)(O)OC[C@H]1O[C@@H](n2cnc3c(N)ncnc32)[C@@H](OP(=O)(O)OC[C@H]2O[C@@H](n3cnc4c(N)ncnc43)[C@@H](OP(=O)(O)OC[C@]34CCCOC3[C@H](OP(=O)(O)SCCC)[C@H](n3cnc5c(N)ncnc53)O4)C2O)C1OC. The largest absolute Gasteiger partial charge is 0.472 e. The Kier molecular flexibility index (Phi) is 27.7. The van der Waals surface area contributed by atoms with Crippen molar-refractivity contribution in [3.8, 4) is 0 Å². The number of aliphatic hydroxyl groups is 1. The number of rotatable bonds is 42. The highest BCUT2D eigenvalue weighted by Gasteiger charge is 2.62. The van der Waals surface area contributed by atoms with Crippen molar-refractivity contribution in [3.05, 3.63) is 38.0 Å². The van der Waals surface area contributed by atoms with Crippen LogP contribution < -0.4 is 17.2 Å². The summed E-state index contributed by atoms with van der Waals surface area (Å²) in [6.45, 7) is -7.40. The molecular formula is C57H89N15O22P4S2. The molecule has 0 saturated carbocycles. The van der Waals surface area contributed by atoms with Gasteiger partial charge in [0.05, 0.1) is 38.8 Å². The normalized spacial score (nSPS) is 27.2. The molecule has 0 amide bonds. The predicted molar refractivity (Wildman–Crippen MR) is 363 cm³/mol. The fourth-order valence-electron chi connectivity index (χ4n) is 12.5. The monoisotopic (exact) mass is 1520 g/mol. The first kappa shape index (κ1) is 78.1. The summed E-state index contributed by atoms with van der Waals surface area (Å²) in [4.78, 5) is 95.6. The second-order valence-corrected chi connectivity index (χ2v) is 35.4. The van der Waals surface area contributed by atoms with Crippen LogP contribution in [0.1, 0.15) is 155 Å². The van der Waals surface area contributed by atoms with Crippen molar-refractivity contribution in [2.45, 2.75) is 209 Å². The van der Waals surface area contributed by atoms with E-state index >= 15 is 0 Å². The standard InChI is InChI=1S/C57H89N15O22P4S2/c1-4-6-7-8-9-10-11-12-13-14-15-16-17-18-19-21-38(73)84-24-26-100-97(79,80)87-28-37-43(83-3)45(55(90-37)71-34-68-40-49(59)62-31-65-52(40)71)93-95(75,76)86-27-36-42(74)44(54(89-36)70-33-67-39-48(58)61-30-64-51(39)70)92-96(77,78)88-29-57-22-20-23-85-47(57)46(94-98(81,82)99-25-5-2)56(91-57)72-35-69-41-50(60)63-32-66-53(41)72/h30-37,42-47,54-56,74H,4-29H2,1-3H3,(H,75,76)(H,77,78)(H,79,80)(H,81,82)(H2,58,61,64)(H2,59,62,65)(H2,60,63,66)/t36-,37-,42?,43?,44+,45+,46+,47?,54-,55-,56-,57-/m1/s1. The van der Waals surface area contributed by atoms with E-state index in [1.54, 1.807) is 0 Å². The highest BCUT2D eigenvalue weighted by atomic mass is 32.7. The van der Waals surface area contributed by atoms with Gasteiger partial charge in [0.15, 0.2) is 53.1 Å². The van der Waals surface area contributed by atoms with E-state index in [-0.39, 0.29) is 88.5 Å². The fraction of sp³-hybridized carbons (Fsp3) is 0.719. The van der Waals surface area contributed by atoms with E-state index in [1.165, 1.54) is 117 Å². The number of unbranched alkanes of at least 4 members (excludes halogenated alkanes) is 14. The van der Waals surface area contributed by atoms with Crippen LogP contribution in [0.4, 0.5) is 17.5 Å². The first-order valence-electron chi connectivity index (χ1n) is 33.3. The maximum absolute atomic E-state index is 14.5. The van der Waals surface area contributed by atoms with Crippen molar-refractivity contribution in [1.29, 1.82) is 0 Å². The zero-order valence-electron chi connectivity index (χ0n) is 55.6. The average molecular weight is 1520 g/mol. The van der Waals surface area contributed by atoms with Crippen LogP contribution in [0.2, 0.25) is 0 Å². The smallest absolute Gasteiger partial charge is 0.465 e. The lowest BCUT2D eigenvalue weighted by Gasteiger charge is -2.38. The van der Waals surface area contributed by atoms with Crippen LogP contribution in [-0.2, 0) is 78.6 Å². The van der Waals surface area contributed by atoms with Gasteiger partial charge in [0.2, 0.25) is 0 Å². The fourth-order valence-corrected chi connectivity index (χ4v) is 19.3. The number of methoxy groups -OCH3 is 1. The van der Waals surface area contributed by atoms with Crippen LogP contribution in [0.5, 0.6) is 0 Å². The van der Waals surface area contributed by atoms with E-state index in [2.05, 4.69) is 51.8 Å². The van der Waals surface area contributed by atoms with Crippen molar-refractivity contribution in [2.75, 3.05) is 68.9 Å². The summed E-state index contributed by atoms with van der Waals surface area (Å²) in [7, 11) is -9.71. The molecule has 0 aliphatic carbocycles. The number of nitrogens with two attached hydrogens (primary N) is 3. The highest BCUT2D eigenvalue weighted by Crippen LogP contribution is 2.62. The molecule has 11 N–H and O–H groups in total. The molecule has 0 aromatic carbocycles. The number of carbonyl (C=O) groups excluding carboxylic acids is 1. The second kappa shape index (κ2) is 35.5. The van der Waals surface area contributed by atoms with Gasteiger partial charge in [-0.25, -0.2) is 63.1 Å². The number of carbonyl (C=O) groups is 1. The molecule has 10 rings (SSSR count). The van der Waals surface area contributed by atoms with Gasteiger partial charge in [-0.15, -0.1) is 0 Å². The third kappa shape index (κ3) is 19.7. The van der Waals surface area contributed by atoms with Crippen LogP contribution in [0.25, 0.3) is 33.5 Å². The number of fused-ring (bicyclic) bond motifs is 4. The molecule has 6 aromatic heterocycles. The van der Waals surface area contributed by atoms with Gasteiger partial charge in [-0.3, -0.25) is 45.6 Å². The molecular weight excluding hydrogens is 1430 g/mol. The Bertz CT molecular complexity index is 3870. The first-order chi connectivity index (χ1) is 48.0. The van der Waals surface area contributed by atoms with Gasteiger partial charge in [-0.05, 0) is 48.4 Å². The number of ether oxygens (including phenoxy) is 6.